The van der Waals surface area contributed by atoms with Crippen LogP contribution in [0.3, 0.4) is 0 Å². The number of para-hydroxylation sites is 1. The lowest BCUT2D eigenvalue weighted by Gasteiger charge is -2.31. The van der Waals surface area contributed by atoms with Gasteiger partial charge in [0.15, 0.2) is 0 Å². The highest BCUT2D eigenvalue weighted by Crippen LogP contribution is 2.23. The van der Waals surface area contributed by atoms with Gasteiger partial charge in [-0.1, -0.05) is 18.2 Å². The molecule has 0 aromatic heterocycles. The first-order valence-corrected chi connectivity index (χ1v) is 6.89. The van der Waals surface area contributed by atoms with E-state index in [1.807, 2.05) is 35.2 Å². The molecule has 1 aromatic carbocycles. The first-order valence-electron chi connectivity index (χ1n) is 6.89. The minimum Gasteiger partial charge on any atom is -0.480 e. The van der Waals surface area contributed by atoms with E-state index in [1.54, 1.807) is 0 Å². The van der Waals surface area contributed by atoms with Gasteiger partial charge in [-0.2, -0.15) is 0 Å². The fourth-order valence-electron chi connectivity index (χ4n) is 2.73. The van der Waals surface area contributed by atoms with Crippen LogP contribution in [0.1, 0.15) is 19.3 Å². The molecule has 1 N–H and O–H groups in total. The number of likely N-dealkylation sites (tertiary alicyclic amines) is 1. The Morgan fingerprint density at radius 1 is 1.32 bits per heavy atom. The Balaban J connectivity index is 2.15. The normalized spacial score (nSPS) is 20.8. The Morgan fingerprint density at radius 2 is 2.05 bits per heavy atom. The van der Waals surface area contributed by atoms with Crippen molar-refractivity contribution in [3.05, 3.63) is 30.3 Å². The summed E-state index contributed by atoms with van der Waals surface area (Å²) >= 11 is 0. The van der Waals surface area contributed by atoms with E-state index in [-0.39, 0.29) is 6.54 Å². The molecule has 0 saturated carbocycles. The molecule has 1 aliphatic rings. The van der Waals surface area contributed by atoms with Gasteiger partial charge in [0.05, 0.1) is 0 Å². The van der Waals surface area contributed by atoms with E-state index in [9.17, 15) is 4.79 Å². The molecule has 1 heterocycles. The Bertz CT molecular complexity index is 408. The van der Waals surface area contributed by atoms with E-state index in [2.05, 4.69) is 11.9 Å². The van der Waals surface area contributed by atoms with Gasteiger partial charge in [-0.15, -0.1) is 0 Å². The number of anilines is 1. The fraction of sp³-hybridized carbons (Fsp3) is 0.533. The van der Waals surface area contributed by atoms with Crippen molar-refractivity contribution < 1.29 is 9.90 Å². The molecule has 4 heteroatoms. The maximum absolute atomic E-state index is 11.1. The highest BCUT2D eigenvalue weighted by Gasteiger charge is 2.23. The summed E-state index contributed by atoms with van der Waals surface area (Å²) in [6, 6.07) is 10.2. The molecular formula is C15H22N2O2. The predicted molar refractivity (Wildman–Crippen MR) is 76.6 cm³/mol. The second kappa shape index (κ2) is 6.57. The van der Waals surface area contributed by atoms with Crippen LogP contribution in [-0.4, -0.2) is 48.7 Å². The van der Waals surface area contributed by atoms with Crippen LogP contribution in [0.4, 0.5) is 5.69 Å². The van der Waals surface area contributed by atoms with Gasteiger partial charge >= 0.3 is 5.97 Å². The SMILES string of the molecule is CN1CCCC(N(CC(=O)O)c2ccccc2)CC1. The summed E-state index contributed by atoms with van der Waals surface area (Å²) in [5.74, 6) is -0.763. The van der Waals surface area contributed by atoms with E-state index in [4.69, 9.17) is 5.11 Å². The Hall–Kier alpha value is -1.55. The summed E-state index contributed by atoms with van der Waals surface area (Å²) in [6.45, 7) is 2.22. The number of nitrogens with zero attached hydrogens (tertiary/aromatic N) is 2. The summed E-state index contributed by atoms with van der Waals surface area (Å²) < 4.78 is 0. The van der Waals surface area contributed by atoms with Crippen molar-refractivity contribution in [2.75, 3.05) is 31.6 Å². The number of carboxylic acids is 1. The molecule has 1 aliphatic heterocycles. The van der Waals surface area contributed by atoms with Crippen LogP contribution in [0.25, 0.3) is 0 Å². The number of hydrogen-bond acceptors (Lipinski definition) is 3. The summed E-state index contributed by atoms with van der Waals surface area (Å²) in [7, 11) is 2.13. The topological polar surface area (TPSA) is 43.8 Å². The molecule has 1 atom stereocenters. The monoisotopic (exact) mass is 262 g/mol. The van der Waals surface area contributed by atoms with Crippen LogP contribution >= 0.6 is 0 Å². The predicted octanol–water partition coefficient (Wildman–Crippen LogP) is 2.06. The standard InChI is InChI=1S/C15H22N2O2/c1-16-10-5-8-14(9-11-16)17(12-15(18)19)13-6-3-2-4-7-13/h2-4,6-7,14H,5,8-12H2,1H3,(H,18,19). The summed E-state index contributed by atoms with van der Waals surface area (Å²) in [6.07, 6.45) is 3.22. The Morgan fingerprint density at radius 3 is 2.74 bits per heavy atom. The van der Waals surface area contributed by atoms with Crippen LogP contribution < -0.4 is 4.90 Å². The molecular weight excluding hydrogens is 240 g/mol. The number of benzene rings is 1. The van der Waals surface area contributed by atoms with Crippen molar-refractivity contribution in [1.29, 1.82) is 0 Å². The van der Waals surface area contributed by atoms with Gasteiger partial charge in [0.1, 0.15) is 6.54 Å². The molecule has 1 saturated heterocycles. The number of carbonyl (C=O) groups is 1. The average molecular weight is 262 g/mol. The third-order valence-electron chi connectivity index (χ3n) is 3.76. The summed E-state index contributed by atoms with van der Waals surface area (Å²) in [5, 5.41) is 9.15. The molecule has 2 rings (SSSR count). The lowest BCUT2D eigenvalue weighted by molar-refractivity contribution is -0.135. The third kappa shape index (κ3) is 3.96. The lowest BCUT2D eigenvalue weighted by Crippen LogP contribution is -2.39. The molecule has 0 spiro atoms. The van der Waals surface area contributed by atoms with Crippen LogP contribution in [0.2, 0.25) is 0 Å². The number of hydrogen-bond donors (Lipinski definition) is 1. The van der Waals surface area contributed by atoms with Crippen LogP contribution in [0.5, 0.6) is 0 Å². The second-order valence-electron chi connectivity index (χ2n) is 5.25. The quantitative estimate of drug-likeness (QED) is 0.902. The van der Waals surface area contributed by atoms with Crippen LogP contribution in [-0.2, 0) is 4.79 Å². The van der Waals surface area contributed by atoms with E-state index in [0.717, 1.165) is 38.0 Å². The van der Waals surface area contributed by atoms with Crippen molar-refractivity contribution in [2.45, 2.75) is 25.3 Å². The summed E-state index contributed by atoms with van der Waals surface area (Å²) in [4.78, 5) is 15.5. The smallest absolute Gasteiger partial charge is 0.323 e. The zero-order valence-corrected chi connectivity index (χ0v) is 11.5. The molecule has 0 aliphatic carbocycles. The lowest BCUT2D eigenvalue weighted by atomic mass is 10.1. The van der Waals surface area contributed by atoms with Gasteiger partial charge in [-0.3, -0.25) is 4.79 Å². The molecule has 0 amide bonds. The maximum atomic E-state index is 11.1. The van der Waals surface area contributed by atoms with Gasteiger partial charge in [0, 0.05) is 11.7 Å². The molecule has 4 nitrogen and oxygen atoms in total. The largest absolute Gasteiger partial charge is 0.480 e. The van der Waals surface area contributed by atoms with Crippen molar-refractivity contribution in [3.8, 4) is 0 Å². The Labute approximate surface area is 114 Å². The van der Waals surface area contributed by atoms with Gasteiger partial charge in [-0.25, -0.2) is 0 Å². The number of rotatable bonds is 4. The van der Waals surface area contributed by atoms with Gasteiger partial charge in [0.25, 0.3) is 0 Å². The third-order valence-corrected chi connectivity index (χ3v) is 3.76. The zero-order valence-electron chi connectivity index (χ0n) is 11.5. The van der Waals surface area contributed by atoms with Crippen molar-refractivity contribution >= 4 is 11.7 Å². The molecule has 1 fully saturated rings. The van der Waals surface area contributed by atoms with Crippen molar-refractivity contribution in [2.24, 2.45) is 0 Å². The minimum atomic E-state index is -0.763. The molecule has 1 unspecified atom stereocenters. The first kappa shape index (κ1) is 13.9. The molecule has 1 aromatic rings. The van der Waals surface area contributed by atoms with Gasteiger partial charge < -0.3 is 14.9 Å². The fourth-order valence-corrected chi connectivity index (χ4v) is 2.73. The highest BCUT2D eigenvalue weighted by molar-refractivity contribution is 5.74. The van der Waals surface area contributed by atoms with Gasteiger partial charge in [-0.05, 0) is 51.5 Å². The number of carboxylic acid groups (broad SMARTS) is 1. The van der Waals surface area contributed by atoms with Crippen molar-refractivity contribution in [1.82, 2.24) is 4.90 Å². The number of aliphatic carboxylic acids is 1. The van der Waals surface area contributed by atoms with Gasteiger partial charge in [0.2, 0.25) is 0 Å². The molecule has 104 valence electrons. The highest BCUT2D eigenvalue weighted by atomic mass is 16.4. The van der Waals surface area contributed by atoms with E-state index < -0.39 is 5.97 Å². The Kier molecular flexibility index (Phi) is 4.80. The van der Waals surface area contributed by atoms with E-state index in [1.165, 1.54) is 0 Å². The molecule has 19 heavy (non-hydrogen) atoms. The van der Waals surface area contributed by atoms with Crippen molar-refractivity contribution in [3.63, 3.8) is 0 Å². The zero-order chi connectivity index (χ0) is 13.7. The van der Waals surface area contributed by atoms with E-state index >= 15 is 0 Å². The minimum absolute atomic E-state index is 0.0817. The molecule has 0 radical (unpaired) electrons. The van der Waals surface area contributed by atoms with Crippen LogP contribution in [0.15, 0.2) is 30.3 Å². The molecule has 0 bridgehead atoms. The first-order chi connectivity index (χ1) is 9.16. The van der Waals surface area contributed by atoms with Crippen LogP contribution in [0, 0.1) is 0 Å². The average Bonchev–Trinajstić information content (AvgIpc) is 2.62. The summed E-state index contributed by atoms with van der Waals surface area (Å²) in [5.41, 5.74) is 1.01. The van der Waals surface area contributed by atoms with E-state index in [0.29, 0.717) is 6.04 Å². The maximum Gasteiger partial charge on any atom is 0.323 e. The second-order valence-corrected chi connectivity index (χ2v) is 5.25.